The molecule has 0 aromatic heterocycles. The number of likely N-dealkylation sites (tertiary alicyclic amines) is 1. The molecule has 0 saturated carbocycles. The topological polar surface area (TPSA) is 61.4 Å². The van der Waals surface area contributed by atoms with Crippen molar-refractivity contribution in [3.05, 3.63) is 71.3 Å². The summed E-state index contributed by atoms with van der Waals surface area (Å²) >= 11 is 0. The molecule has 0 spiro atoms. The molecule has 0 aliphatic carbocycles. The summed E-state index contributed by atoms with van der Waals surface area (Å²) < 4.78 is 0. The number of rotatable bonds is 5. The smallest absolute Gasteiger partial charge is 0.317 e. The van der Waals surface area contributed by atoms with Gasteiger partial charge < -0.3 is 15.5 Å². The first-order valence-corrected chi connectivity index (χ1v) is 10.1. The van der Waals surface area contributed by atoms with E-state index in [1.54, 1.807) is 0 Å². The van der Waals surface area contributed by atoms with Crippen molar-refractivity contribution >= 4 is 11.9 Å². The third-order valence-electron chi connectivity index (χ3n) is 5.30. The summed E-state index contributed by atoms with van der Waals surface area (Å²) in [5.41, 5.74) is 2.86. The Balaban J connectivity index is 1.68. The van der Waals surface area contributed by atoms with Crippen molar-refractivity contribution in [2.45, 2.75) is 38.6 Å². The molecular formula is C23H29N3O2. The maximum absolute atomic E-state index is 12.7. The fourth-order valence-electron chi connectivity index (χ4n) is 3.74. The van der Waals surface area contributed by atoms with E-state index in [9.17, 15) is 9.59 Å². The lowest BCUT2D eigenvalue weighted by Crippen LogP contribution is -2.44. The van der Waals surface area contributed by atoms with E-state index in [2.05, 4.69) is 16.7 Å². The van der Waals surface area contributed by atoms with Crippen LogP contribution < -0.4 is 10.6 Å². The summed E-state index contributed by atoms with van der Waals surface area (Å²) in [6.07, 6.45) is 2.00. The molecule has 5 heteroatoms. The fraction of sp³-hybridized carbons (Fsp3) is 0.391. The van der Waals surface area contributed by atoms with Crippen LogP contribution in [0, 0.1) is 0 Å². The van der Waals surface area contributed by atoms with Gasteiger partial charge in [-0.05, 0) is 49.9 Å². The lowest BCUT2D eigenvalue weighted by atomic mass is 9.89. The summed E-state index contributed by atoms with van der Waals surface area (Å²) in [6, 6.07) is 17.7. The number of nitrogens with zero attached hydrogens (tertiary/aromatic N) is 1. The van der Waals surface area contributed by atoms with Gasteiger partial charge in [0, 0.05) is 31.1 Å². The minimum Gasteiger partial charge on any atom is -0.346 e. The standard InChI is InChI=1S/C23H29N3O2/c1-3-24-23(28)26-14-8-13-21(16-26)19-11-7-12-20(15-19)22(27)25-17(2)18-9-5-4-6-10-18/h4-7,9-12,15,17,21H,3,8,13-14,16H2,1-2H3,(H,24,28)(H,25,27)/t17-,21+/m1/s1. The highest BCUT2D eigenvalue weighted by molar-refractivity contribution is 5.94. The molecule has 2 aromatic rings. The van der Waals surface area contributed by atoms with Gasteiger partial charge in [0.2, 0.25) is 0 Å². The first kappa shape index (κ1) is 19.9. The molecule has 1 aliphatic rings. The Bertz CT molecular complexity index is 807. The highest BCUT2D eigenvalue weighted by Gasteiger charge is 2.25. The summed E-state index contributed by atoms with van der Waals surface area (Å²) in [5.74, 6) is 0.185. The van der Waals surface area contributed by atoms with Crippen LogP contribution in [-0.4, -0.2) is 36.5 Å². The molecule has 148 valence electrons. The van der Waals surface area contributed by atoms with Crippen molar-refractivity contribution in [1.29, 1.82) is 0 Å². The number of carbonyl (C=O) groups excluding carboxylic acids is 2. The van der Waals surface area contributed by atoms with Gasteiger partial charge in [-0.25, -0.2) is 4.79 Å². The predicted molar refractivity (Wildman–Crippen MR) is 111 cm³/mol. The zero-order valence-corrected chi connectivity index (χ0v) is 16.7. The lowest BCUT2D eigenvalue weighted by Gasteiger charge is -2.33. The molecule has 3 rings (SSSR count). The molecule has 0 bridgehead atoms. The number of amides is 3. The number of hydrogen-bond acceptors (Lipinski definition) is 2. The predicted octanol–water partition coefficient (Wildman–Crippen LogP) is 4.09. The number of benzene rings is 2. The molecule has 28 heavy (non-hydrogen) atoms. The van der Waals surface area contributed by atoms with Crippen LogP contribution in [0.5, 0.6) is 0 Å². The second kappa shape index (κ2) is 9.40. The molecule has 2 aromatic carbocycles. The van der Waals surface area contributed by atoms with Gasteiger partial charge in [-0.1, -0.05) is 42.5 Å². The number of nitrogens with one attached hydrogen (secondary N) is 2. The largest absolute Gasteiger partial charge is 0.346 e. The van der Waals surface area contributed by atoms with E-state index in [0.717, 1.165) is 30.5 Å². The van der Waals surface area contributed by atoms with Crippen LogP contribution >= 0.6 is 0 Å². The summed E-state index contributed by atoms with van der Waals surface area (Å²) in [7, 11) is 0. The van der Waals surface area contributed by atoms with E-state index in [1.807, 2.05) is 67.3 Å². The SMILES string of the molecule is CCNC(=O)N1CCC[C@H](c2cccc(C(=O)N[C@H](C)c3ccccc3)c2)C1. The van der Waals surface area contributed by atoms with Crippen molar-refractivity contribution < 1.29 is 9.59 Å². The van der Waals surface area contributed by atoms with Gasteiger partial charge >= 0.3 is 6.03 Å². The van der Waals surface area contributed by atoms with Crippen molar-refractivity contribution in [1.82, 2.24) is 15.5 Å². The third kappa shape index (κ3) is 4.91. The van der Waals surface area contributed by atoms with Crippen molar-refractivity contribution in [3.8, 4) is 0 Å². The van der Waals surface area contributed by atoms with Gasteiger partial charge in [0.05, 0.1) is 6.04 Å². The normalized spacial score (nSPS) is 17.6. The van der Waals surface area contributed by atoms with E-state index in [4.69, 9.17) is 0 Å². The first-order valence-electron chi connectivity index (χ1n) is 10.1. The molecule has 2 N–H and O–H groups in total. The van der Waals surface area contributed by atoms with Gasteiger partial charge in [0.25, 0.3) is 5.91 Å². The van der Waals surface area contributed by atoms with Crippen molar-refractivity contribution in [2.75, 3.05) is 19.6 Å². The van der Waals surface area contributed by atoms with E-state index in [1.165, 1.54) is 0 Å². The van der Waals surface area contributed by atoms with Crippen LogP contribution in [0.15, 0.2) is 54.6 Å². The highest BCUT2D eigenvalue weighted by Crippen LogP contribution is 2.27. The molecule has 1 fully saturated rings. The summed E-state index contributed by atoms with van der Waals surface area (Å²) in [4.78, 5) is 26.8. The molecule has 0 radical (unpaired) electrons. The first-order chi connectivity index (χ1) is 13.6. The molecule has 2 atom stereocenters. The average molecular weight is 380 g/mol. The minimum absolute atomic E-state index is 0.00205. The summed E-state index contributed by atoms with van der Waals surface area (Å²) in [6.45, 7) is 6.03. The maximum atomic E-state index is 12.7. The monoisotopic (exact) mass is 379 g/mol. The van der Waals surface area contributed by atoms with E-state index >= 15 is 0 Å². The van der Waals surface area contributed by atoms with Crippen LogP contribution in [0.2, 0.25) is 0 Å². The van der Waals surface area contributed by atoms with Crippen LogP contribution in [-0.2, 0) is 0 Å². The van der Waals surface area contributed by atoms with Gasteiger partial charge in [-0.3, -0.25) is 4.79 Å². The molecule has 1 aliphatic heterocycles. The van der Waals surface area contributed by atoms with E-state index in [0.29, 0.717) is 18.7 Å². The number of urea groups is 1. The molecule has 0 unspecified atom stereocenters. The molecule has 1 heterocycles. The van der Waals surface area contributed by atoms with Gasteiger partial charge in [0.1, 0.15) is 0 Å². The average Bonchev–Trinajstić information content (AvgIpc) is 2.74. The second-order valence-corrected chi connectivity index (χ2v) is 7.35. The lowest BCUT2D eigenvalue weighted by molar-refractivity contribution is 0.0939. The zero-order chi connectivity index (χ0) is 19.9. The van der Waals surface area contributed by atoms with Gasteiger partial charge in [-0.2, -0.15) is 0 Å². The maximum Gasteiger partial charge on any atom is 0.317 e. The Labute approximate surface area is 167 Å². The Morgan fingerprint density at radius 1 is 1.14 bits per heavy atom. The van der Waals surface area contributed by atoms with Crippen LogP contribution in [0.4, 0.5) is 4.79 Å². The molecule has 5 nitrogen and oxygen atoms in total. The highest BCUT2D eigenvalue weighted by atomic mass is 16.2. The molecule has 3 amide bonds. The summed E-state index contributed by atoms with van der Waals surface area (Å²) in [5, 5.41) is 5.95. The molecular weight excluding hydrogens is 350 g/mol. The quantitative estimate of drug-likeness (QED) is 0.822. The number of carbonyl (C=O) groups is 2. The Morgan fingerprint density at radius 3 is 2.68 bits per heavy atom. The van der Waals surface area contributed by atoms with Crippen molar-refractivity contribution in [2.24, 2.45) is 0 Å². The number of piperidine rings is 1. The van der Waals surface area contributed by atoms with Crippen LogP contribution in [0.1, 0.15) is 60.1 Å². The van der Waals surface area contributed by atoms with E-state index in [-0.39, 0.29) is 23.9 Å². The zero-order valence-electron chi connectivity index (χ0n) is 16.7. The third-order valence-corrected chi connectivity index (χ3v) is 5.30. The minimum atomic E-state index is -0.0744. The molecule has 1 saturated heterocycles. The van der Waals surface area contributed by atoms with E-state index < -0.39 is 0 Å². The Kier molecular flexibility index (Phi) is 6.69. The Morgan fingerprint density at radius 2 is 1.93 bits per heavy atom. The van der Waals surface area contributed by atoms with Gasteiger partial charge in [-0.15, -0.1) is 0 Å². The fourth-order valence-corrected chi connectivity index (χ4v) is 3.74. The number of hydrogen-bond donors (Lipinski definition) is 2. The van der Waals surface area contributed by atoms with Crippen molar-refractivity contribution in [3.63, 3.8) is 0 Å². The van der Waals surface area contributed by atoms with Gasteiger partial charge in [0.15, 0.2) is 0 Å². The van der Waals surface area contributed by atoms with Crippen LogP contribution in [0.3, 0.4) is 0 Å². The van der Waals surface area contributed by atoms with Crippen LogP contribution in [0.25, 0.3) is 0 Å². The second-order valence-electron chi connectivity index (χ2n) is 7.35. The Hall–Kier alpha value is -2.82.